The van der Waals surface area contributed by atoms with Crippen molar-refractivity contribution in [3.05, 3.63) is 59.1 Å². The number of hydrogen-bond donors (Lipinski definition) is 1. The number of benzene rings is 2. The van der Waals surface area contributed by atoms with Crippen molar-refractivity contribution < 1.29 is 14.3 Å². The number of amides is 1. The van der Waals surface area contributed by atoms with Gasteiger partial charge in [0.05, 0.1) is 11.6 Å². The fourth-order valence-corrected chi connectivity index (χ4v) is 2.37. The second-order valence-electron chi connectivity index (χ2n) is 5.35. The smallest absolute Gasteiger partial charge is 0.261 e. The van der Waals surface area contributed by atoms with Crippen LogP contribution in [0.25, 0.3) is 0 Å². The maximum Gasteiger partial charge on any atom is 0.261 e. The molecule has 24 heavy (non-hydrogen) atoms. The maximum absolute atomic E-state index is 12.3. The van der Waals surface area contributed by atoms with Crippen LogP contribution < -0.4 is 14.8 Å². The predicted molar refractivity (Wildman–Crippen MR) is 95.8 cm³/mol. The van der Waals surface area contributed by atoms with Gasteiger partial charge in [-0.15, -0.1) is 0 Å². The molecule has 1 amide bonds. The van der Waals surface area contributed by atoms with Crippen molar-refractivity contribution >= 4 is 17.5 Å². The molecule has 0 aliphatic rings. The highest BCUT2D eigenvalue weighted by molar-refractivity contribution is 6.32. The summed E-state index contributed by atoms with van der Waals surface area (Å²) in [5, 5.41) is 3.38. The quantitative estimate of drug-likeness (QED) is 0.734. The van der Waals surface area contributed by atoms with Gasteiger partial charge in [-0.2, -0.15) is 0 Å². The molecule has 0 bridgehead atoms. The highest BCUT2D eigenvalue weighted by Crippen LogP contribution is 2.22. The Morgan fingerprint density at radius 1 is 1.12 bits per heavy atom. The van der Waals surface area contributed by atoms with Crippen molar-refractivity contribution in [2.75, 3.05) is 13.2 Å². The molecule has 0 radical (unpaired) electrons. The number of halogens is 1. The van der Waals surface area contributed by atoms with Gasteiger partial charge in [-0.3, -0.25) is 4.79 Å². The number of rotatable bonds is 8. The molecule has 0 aliphatic heterocycles. The Bertz CT molecular complexity index is 675. The lowest BCUT2D eigenvalue weighted by Crippen LogP contribution is -2.39. The zero-order valence-electron chi connectivity index (χ0n) is 13.9. The van der Waals surface area contributed by atoms with E-state index in [0.29, 0.717) is 30.3 Å². The van der Waals surface area contributed by atoms with Gasteiger partial charge in [0.25, 0.3) is 5.91 Å². The van der Waals surface area contributed by atoms with E-state index in [1.807, 2.05) is 50.2 Å². The number of nitrogens with one attached hydrogen (secondary N) is 1. The summed E-state index contributed by atoms with van der Waals surface area (Å²) in [5.74, 6) is 1.19. The number of ether oxygens (including phenoxy) is 2. The molecule has 128 valence electrons. The average Bonchev–Trinajstić information content (AvgIpc) is 2.59. The second kappa shape index (κ2) is 9.18. The van der Waals surface area contributed by atoms with Gasteiger partial charge in [-0.1, -0.05) is 48.9 Å². The van der Waals surface area contributed by atoms with Crippen LogP contribution in [-0.4, -0.2) is 25.2 Å². The highest BCUT2D eigenvalue weighted by atomic mass is 35.5. The average molecular weight is 348 g/mol. The van der Waals surface area contributed by atoms with Gasteiger partial charge in [0, 0.05) is 0 Å². The lowest BCUT2D eigenvalue weighted by Gasteiger charge is -2.18. The summed E-state index contributed by atoms with van der Waals surface area (Å²) < 4.78 is 11.4. The molecule has 4 nitrogen and oxygen atoms in total. The van der Waals surface area contributed by atoms with Crippen LogP contribution in [0.4, 0.5) is 0 Å². The molecule has 0 saturated heterocycles. The lowest BCUT2D eigenvalue weighted by atomic mass is 10.2. The van der Waals surface area contributed by atoms with Gasteiger partial charge < -0.3 is 14.8 Å². The Balaban J connectivity index is 1.80. The molecule has 1 atom stereocenters. The third-order valence-electron chi connectivity index (χ3n) is 3.52. The fourth-order valence-electron chi connectivity index (χ4n) is 2.18. The summed E-state index contributed by atoms with van der Waals surface area (Å²) in [7, 11) is 0. The van der Waals surface area contributed by atoms with Crippen molar-refractivity contribution in [1.29, 1.82) is 0 Å². The van der Waals surface area contributed by atoms with Gasteiger partial charge in [-0.25, -0.2) is 0 Å². The van der Waals surface area contributed by atoms with Crippen molar-refractivity contribution in [2.45, 2.75) is 26.4 Å². The minimum Gasteiger partial charge on any atom is -0.490 e. The van der Waals surface area contributed by atoms with Crippen molar-refractivity contribution in [3.8, 4) is 11.5 Å². The molecule has 0 fully saturated rings. The molecular formula is C19H22ClNO3. The van der Waals surface area contributed by atoms with Gasteiger partial charge in [-0.05, 0) is 37.1 Å². The molecule has 2 aromatic carbocycles. The molecule has 2 rings (SSSR count). The third-order valence-corrected chi connectivity index (χ3v) is 3.83. The van der Waals surface area contributed by atoms with E-state index in [4.69, 9.17) is 21.1 Å². The van der Waals surface area contributed by atoms with Crippen molar-refractivity contribution in [3.63, 3.8) is 0 Å². The molecule has 0 saturated carbocycles. The number of para-hydroxylation sites is 2. The highest BCUT2D eigenvalue weighted by Gasteiger charge is 2.18. The summed E-state index contributed by atoms with van der Waals surface area (Å²) in [6, 6.07) is 14.9. The normalized spacial score (nSPS) is 11.6. The van der Waals surface area contributed by atoms with Crippen LogP contribution in [0.1, 0.15) is 18.9 Å². The topological polar surface area (TPSA) is 47.6 Å². The lowest BCUT2D eigenvalue weighted by molar-refractivity contribution is -0.128. The van der Waals surface area contributed by atoms with Crippen LogP contribution in [0.2, 0.25) is 5.02 Å². The molecular weight excluding hydrogens is 326 g/mol. The van der Waals surface area contributed by atoms with E-state index in [0.717, 1.165) is 11.3 Å². The SMILES string of the molecule is CC[C@@H](Oc1ccccc1C)C(=O)NCCOc1ccccc1Cl. The predicted octanol–water partition coefficient (Wildman–Crippen LogP) is 4.00. The van der Waals surface area contributed by atoms with Crippen LogP contribution in [0, 0.1) is 6.92 Å². The van der Waals surface area contributed by atoms with Crippen molar-refractivity contribution in [2.24, 2.45) is 0 Å². The number of carbonyl (C=O) groups is 1. The number of aryl methyl sites for hydroxylation is 1. The van der Waals surface area contributed by atoms with Gasteiger partial charge in [0.1, 0.15) is 18.1 Å². The Hall–Kier alpha value is -2.20. The van der Waals surface area contributed by atoms with Crippen LogP contribution in [0.5, 0.6) is 11.5 Å². The minimum atomic E-state index is -0.522. The van der Waals surface area contributed by atoms with E-state index in [2.05, 4.69) is 5.32 Å². The fraction of sp³-hybridized carbons (Fsp3) is 0.316. The van der Waals surface area contributed by atoms with E-state index in [9.17, 15) is 4.79 Å². The molecule has 1 N–H and O–H groups in total. The Morgan fingerprint density at radius 3 is 2.46 bits per heavy atom. The molecule has 0 heterocycles. The molecule has 2 aromatic rings. The van der Waals surface area contributed by atoms with Crippen LogP contribution >= 0.6 is 11.6 Å². The van der Waals surface area contributed by atoms with Crippen LogP contribution in [-0.2, 0) is 4.79 Å². The molecule has 5 heteroatoms. The van der Waals surface area contributed by atoms with E-state index in [-0.39, 0.29) is 5.91 Å². The summed E-state index contributed by atoms with van der Waals surface area (Å²) in [4.78, 5) is 12.3. The van der Waals surface area contributed by atoms with Crippen LogP contribution in [0.15, 0.2) is 48.5 Å². The molecule has 0 aliphatic carbocycles. The minimum absolute atomic E-state index is 0.150. The van der Waals surface area contributed by atoms with Gasteiger partial charge in [0.2, 0.25) is 0 Å². The second-order valence-corrected chi connectivity index (χ2v) is 5.76. The summed E-state index contributed by atoms with van der Waals surface area (Å²) >= 11 is 6.01. The first kappa shape index (κ1) is 18.1. The largest absolute Gasteiger partial charge is 0.490 e. The Kier molecular flexibility index (Phi) is 6.94. The maximum atomic E-state index is 12.3. The summed E-state index contributed by atoms with van der Waals surface area (Å²) in [6.45, 7) is 4.61. The zero-order chi connectivity index (χ0) is 17.4. The summed E-state index contributed by atoms with van der Waals surface area (Å²) in [5.41, 5.74) is 1.01. The monoisotopic (exact) mass is 347 g/mol. The van der Waals surface area contributed by atoms with E-state index >= 15 is 0 Å². The van der Waals surface area contributed by atoms with E-state index < -0.39 is 6.10 Å². The molecule has 0 unspecified atom stereocenters. The standard InChI is InChI=1S/C19H22ClNO3/c1-3-16(24-17-10-6-4-8-14(17)2)19(22)21-12-13-23-18-11-7-5-9-15(18)20/h4-11,16H,3,12-13H2,1-2H3,(H,21,22)/t16-/m1/s1. The number of hydrogen-bond acceptors (Lipinski definition) is 3. The van der Waals surface area contributed by atoms with E-state index in [1.165, 1.54) is 0 Å². The summed E-state index contributed by atoms with van der Waals surface area (Å²) in [6.07, 6.45) is 0.0670. The Morgan fingerprint density at radius 2 is 1.79 bits per heavy atom. The van der Waals surface area contributed by atoms with E-state index in [1.54, 1.807) is 12.1 Å². The van der Waals surface area contributed by atoms with Crippen LogP contribution in [0.3, 0.4) is 0 Å². The molecule has 0 aromatic heterocycles. The third kappa shape index (κ3) is 5.17. The zero-order valence-corrected chi connectivity index (χ0v) is 14.7. The number of carbonyl (C=O) groups excluding carboxylic acids is 1. The molecule has 0 spiro atoms. The first-order valence-corrected chi connectivity index (χ1v) is 8.37. The first-order chi connectivity index (χ1) is 11.6. The van der Waals surface area contributed by atoms with Crippen molar-refractivity contribution in [1.82, 2.24) is 5.32 Å². The first-order valence-electron chi connectivity index (χ1n) is 7.99. The Labute approximate surface area is 147 Å². The van der Waals surface area contributed by atoms with Gasteiger partial charge >= 0.3 is 0 Å². The van der Waals surface area contributed by atoms with Gasteiger partial charge in [0.15, 0.2) is 6.10 Å².